The summed E-state index contributed by atoms with van der Waals surface area (Å²) in [7, 11) is 0. The van der Waals surface area contributed by atoms with Gasteiger partial charge in [0, 0.05) is 26.7 Å². The summed E-state index contributed by atoms with van der Waals surface area (Å²) in [6.45, 7) is 0.456. The predicted molar refractivity (Wildman–Crippen MR) is 88.6 cm³/mol. The fourth-order valence-corrected chi connectivity index (χ4v) is 2.89. The van der Waals surface area contributed by atoms with Crippen molar-refractivity contribution in [2.75, 3.05) is 12.3 Å². The number of thioether (sulfide) groups is 1. The maximum Gasteiger partial charge on any atom is 0.254 e. The first-order valence-electron chi connectivity index (χ1n) is 6.18. The van der Waals surface area contributed by atoms with E-state index in [0.717, 1.165) is 4.90 Å². The molecule has 0 heterocycles. The Hall–Kier alpha value is -1.04. The van der Waals surface area contributed by atoms with Crippen LogP contribution in [0.3, 0.4) is 0 Å². The second-order valence-electron chi connectivity index (χ2n) is 4.18. The van der Waals surface area contributed by atoms with Gasteiger partial charge in [-0.3, -0.25) is 4.79 Å². The van der Waals surface area contributed by atoms with Crippen LogP contribution >= 0.6 is 39.3 Å². The van der Waals surface area contributed by atoms with E-state index >= 15 is 0 Å². The van der Waals surface area contributed by atoms with Gasteiger partial charge in [-0.05, 0) is 42.5 Å². The van der Waals surface area contributed by atoms with Gasteiger partial charge in [-0.1, -0.05) is 27.5 Å². The van der Waals surface area contributed by atoms with E-state index in [9.17, 15) is 9.18 Å². The number of hydrogen-bond acceptors (Lipinski definition) is 2. The molecule has 1 amide bonds. The van der Waals surface area contributed by atoms with Gasteiger partial charge in [0.05, 0.1) is 5.56 Å². The summed E-state index contributed by atoms with van der Waals surface area (Å²) in [6, 6.07) is 11.8. The molecule has 0 bridgehead atoms. The third-order valence-corrected chi connectivity index (χ3v) is 4.40. The smallest absolute Gasteiger partial charge is 0.254 e. The molecule has 0 unspecified atom stereocenters. The first-order valence-corrected chi connectivity index (χ1v) is 8.33. The summed E-state index contributed by atoms with van der Waals surface area (Å²) in [5, 5.41) is 3.39. The van der Waals surface area contributed by atoms with Crippen molar-refractivity contribution >= 4 is 45.2 Å². The molecule has 6 heteroatoms. The third kappa shape index (κ3) is 5.02. The molecule has 0 saturated carbocycles. The van der Waals surface area contributed by atoms with Crippen LogP contribution in [-0.4, -0.2) is 18.2 Å². The summed E-state index contributed by atoms with van der Waals surface area (Å²) >= 11 is 10.6. The van der Waals surface area contributed by atoms with Crippen LogP contribution in [-0.2, 0) is 0 Å². The quantitative estimate of drug-likeness (QED) is 0.591. The van der Waals surface area contributed by atoms with Gasteiger partial charge in [-0.2, -0.15) is 0 Å². The number of nitrogens with one attached hydrogen (secondary N) is 1. The van der Waals surface area contributed by atoms with E-state index in [1.54, 1.807) is 17.8 Å². The third-order valence-electron chi connectivity index (χ3n) is 2.64. The number of rotatable bonds is 5. The van der Waals surface area contributed by atoms with Gasteiger partial charge in [0.2, 0.25) is 0 Å². The molecule has 0 atom stereocenters. The minimum Gasteiger partial charge on any atom is -0.351 e. The lowest BCUT2D eigenvalue weighted by atomic mass is 10.2. The summed E-state index contributed by atoms with van der Waals surface area (Å²) in [5.74, 6) is -0.241. The standard InChI is InChI=1S/C15H12BrClFNOS/c16-10-1-6-14(18)13(9-10)15(20)19-7-8-21-12-4-2-11(17)3-5-12/h1-6,9H,7-8H2,(H,19,20). The van der Waals surface area contributed by atoms with Gasteiger partial charge in [0.15, 0.2) is 0 Å². The molecule has 2 nitrogen and oxygen atoms in total. The first kappa shape index (κ1) is 16.3. The van der Waals surface area contributed by atoms with Crippen molar-refractivity contribution in [2.24, 2.45) is 0 Å². The lowest BCUT2D eigenvalue weighted by molar-refractivity contribution is 0.0952. The molecule has 2 rings (SSSR count). The van der Waals surface area contributed by atoms with Gasteiger partial charge in [0.25, 0.3) is 5.91 Å². The minimum absolute atomic E-state index is 0.0425. The Balaban J connectivity index is 1.81. The largest absolute Gasteiger partial charge is 0.351 e. The van der Waals surface area contributed by atoms with E-state index in [1.807, 2.05) is 24.3 Å². The number of carbonyl (C=O) groups excluding carboxylic acids is 1. The molecular formula is C15H12BrClFNOS. The fourth-order valence-electron chi connectivity index (χ4n) is 1.63. The van der Waals surface area contributed by atoms with Crippen LogP contribution in [0.25, 0.3) is 0 Å². The van der Waals surface area contributed by atoms with Crippen molar-refractivity contribution in [3.05, 3.63) is 63.3 Å². The number of hydrogen-bond donors (Lipinski definition) is 1. The molecule has 0 aromatic heterocycles. The van der Waals surface area contributed by atoms with E-state index < -0.39 is 11.7 Å². The van der Waals surface area contributed by atoms with Crippen molar-refractivity contribution in [3.63, 3.8) is 0 Å². The van der Waals surface area contributed by atoms with E-state index in [-0.39, 0.29) is 5.56 Å². The molecule has 0 aliphatic rings. The Kier molecular flexibility index (Phi) is 6.08. The Morgan fingerprint density at radius 3 is 2.67 bits per heavy atom. The summed E-state index contributed by atoms with van der Waals surface area (Å²) in [5.41, 5.74) is 0.0425. The zero-order valence-electron chi connectivity index (χ0n) is 10.9. The SMILES string of the molecule is O=C(NCCSc1ccc(Cl)cc1)c1cc(Br)ccc1F. The number of carbonyl (C=O) groups is 1. The average Bonchev–Trinajstić information content (AvgIpc) is 2.47. The normalized spacial score (nSPS) is 10.4. The van der Waals surface area contributed by atoms with Gasteiger partial charge in [-0.25, -0.2) is 4.39 Å². The maximum absolute atomic E-state index is 13.5. The number of amides is 1. The van der Waals surface area contributed by atoms with E-state index in [4.69, 9.17) is 11.6 Å². The Labute approximate surface area is 140 Å². The number of benzene rings is 2. The van der Waals surface area contributed by atoms with Crippen molar-refractivity contribution in [1.82, 2.24) is 5.32 Å². The van der Waals surface area contributed by atoms with Crippen LogP contribution in [0.5, 0.6) is 0 Å². The molecule has 0 radical (unpaired) electrons. The topological polar surface area (TPSA) is 29.1 Å². The molecule has 21 heavy (non-hydrogen) atoms. The van der Waals surface area contributed by atoms with Crippen molar-refractivity contribution in [3.8, 4) is 0 Å². The van der Waals surface area contributed by atoms with Crippen molar-refractivity contribution in [1.29, 1.82) is 0 Å². The lowest BCUT2D eigenvalue weighted by Crippen LogP contribution is -2.26. The molecule has 0 spiro atoms. The average molecular weight is 389 g/mol. The van der Waals surface area contributed by atoms with E-state index in [0.29, 0.717) is 21.8 Å². The molecule has 2 aromatic rings. The Morgan fingerprint density at radius 2 is 1.95 bits per heavy atom. The van der Waals surface area contributed by atoms with Gasteiger partial charge in [0.1, 0.15) is 5.82 Å². The van der Waals surface area contributed by atoms with Crippen LogP contribution in [0.2, 0.25) is 5.02 Å². The molecule has 0 saturated heterocycles. The van der Waals surface area contributed by atoms with Crippen molar-refractivity contribution in [2.45, 2.75) is 4.90 Å². The molecule has 110 valence electrons. The van der Waals surface area contributed by atoms with Crippen LogP contribution in [0, 0.1) is 5.82 Å². The summed E-state index contributed by atoms with van der Waals surface area (Å²) in [6.07, 6.45) is 0. The highest BCUT2D eigenvalue weighted by Gasteiger charge is 2.11. The van der Waals surface area contributed by atoms with E-state index in [1.165, 1.54) is 12.1 Å². The van der Waals surface area contributed by atoms with Crippen LogP contribution in [0.4, 0.5) is 4.39 Å². The summed E-state index contributed by atoms with van der Waals surface area (Å²) in [4.78, 5) is 12.9. The Morgan fingerprint density at radius 1 is 1.24 bits per heavy atom. The van der Waals surface area contributed by atoms with Gasteiger partial charge in [-0.15, -0.1) is 11.8 Å². The maximum atomic E-state index is 13.5. The molecule has 1 N–H and O–H groups in total. The molecular weight excluding hydrogens is 377 g/mol. The highest BCUT2D eigenvalue weighted by atomic mass is 79.9. The Bertz CT molecular complexity index is 636. The predicted octanol–water partition coefficient (Wildman–Crippen LogP) is 4.76. The molecule has 0 aliphatic carbocycles. The summed E-state index contributed by atoms with van der Waals surface area (Å²) < 4.78 is 14.2. The van der Waals surface area contributed by atoms with Crippen molar-refractivity contribution < 1.29 is 9.18 Å². The second kappa shape index (κ2) is 7.82. The second-order valence-corrected chi connectivity index (χ2v) is 6.70. The zero-order valence-corrected chi connectivity index (χ0v) is 14.1. The van der Waals surface area contributed by atoms with Crippen LogP contribution in [0.1, 0.15) is 10.4 Å². The highest BCUT2D eigenvalue weighted by Crippen LogP contribution is 2.20. The first-order chi connectivity index (χ1) is 10.1. The minimum atomic E-state index is -0.527. The molecule has 0 fully saturated rings. The zero-order chi connectivity index (χ0) is 15.2. The van der Waals surface area contributed by atoms with E-state index in [2.05, 4.69) is 21.2 Å². The van der Waals surface area contributed by atoms with Crippen LogP contribution < -0.4 is 5.32 Å². The fraction of sp³-hybridized carbons (Fsp3) is 0.133. The van der Waals surface area contributed by atoms with Crippen LogP contribution in [0.15, 0.2) is 51.8 Å². The van der Waals surface area contributed by atoms with Gasteiger partial charge < -0.3 is 5.32 Å². The van der Waals surface area contributed by atoms with Gasteiger partial charge >= 0.3 is 0 Å². The monoisotopic (exact) mass is 387 g/mol. The molecule has 2 aromatic carbocycles. The lowest BCUT2D eigenvalue weighted by Gasteiger charge is -2.06. The highest BCUT2D eigenvalue weighted by molar-refractivity contribution is 9.10. The number of halogens is 3. The molecule has 0 aliphatic heterocycles.